The molecule has 0 spiro atoms. The van der Waals surface area contributed by atoms with Gasteiger partial charge in [-0.05, 0) is 35.9 Å². The fraction of sp³-hybridized carbons (Fsp3) is 0.0714. The second-order valence-corrected chi connectivity index (χ2v) is 4.26. The lowest BCUT2D eigenvalue weighted by atomic mass is 10.0. The van der Waals surface area contributed by atoms with Crippen LogP contribution in [0.5, 0.6) is 5.75 Å². The van der Waals surface area contributed by atoms with Crippen molar-refractivity contribution in [1.82, 2.24) is 0 Å². The van der Waals surface area contributed by atoms with Crippen molar-refractivity contribution in [2.24, 2.45) is 0 Å². The Morgan fingerprint density at radius 1 is 1.15 bits per heavy atom. The number of alkyl halides is 2. The fourth-order valence-corrected chi connectivity index (χ4v) is 1.87. The fourth-order valence-electron chi connectivity index (χ4n) is 1.69. The van der Waals surface area contributed by atoms with Crippen LogP contribution in [0.3, 0.4) is 0 Å². The van der Waals surface area contributed by atoms with Crippen molar-refractivity contribution < 1.29 is 17.9 Å². The molecule has 0 N–H and O–H groups in total. The number of ether oxygens (including phenoxy) is 1. The highest BCUT2D eigenvalue weighted by molar-refractivity contribution is 6.30. The molecule has 0 unspecified atom stereocenters. The van der Waals surface area contributed by atoms with Crippen LogP contribution in [-0.4, -0.2) is 6.61 Å². The Labute approximate surface area is 118 Å². The van der Waals surface area contributed by atoms with Gasteiger partial charge in [0.2, 0.25) is 0 Å². The topological polar surface area (TPSA) is 33.0 Å². The highest BCUT2D eigenvalue weighted by atomic mass is 35.5. The van der Waals surface area contributed by atoms with Crippen LogP contribution in [0.25, 0.3) is 11.1 Å². The second-order valence-electron chi connectivity index (χ2n) is 3.83. The summed E-state index contributed by atoms with van der Waals surface area (Å²) >= 11 is 5.78. The molecular formula is C14H7ClF3NO. The normalized spacial score (nSPS) is 10.4. The van der Waals surface area contributed by atoms with Crippen LogP contribution in [0.4, 0.5) is 13.2 Å². The van der Waals surface area contributed by atoms with Gasteiger partial charge >= 0.3 is 6.61 Å². The SMILES string of the molecule is N#Cc1ccc(-c2cc(Cl)ccc2F)cc1OC(F)F. The van der Waals surface area contributed by atoms with Gasteiger partial charge in [0.15, 0.2) is 0 Å². The van der Waals surface area contributed by atoms with Crippen molar-refractivity contribution in [1.29, 1.82) is 5.26 Å². The number of hydrogen-bond donors (Lipinski definition) is 0. The maximum absolute atomic E-state index is 13.7. The van der Waals surface area contributed by atoms with Gasteiger partial charge in [-0.2, -0.15) is 14.0 Å². The molecule has 0 fully saturated rings. The zero-order chi connectivity index (χ0) is 14.7. The first kappa shape index (κ1) is 14.2. The molecule has 6 heteroatoms. The third kappa shape index (κ3) is 3.03. The zero-order valence-electron chi connectivity index (χ0n) is 9.91. The van der Waals surface area contributed by atoms with Crippen molar-refractivity contribution in [3.05, 3.63) is 52.8 Å². The van der Waals surface area contributed by atoms with E-state index in [4.69, 9.17) is 16.9 Å². The number of rotatable bonds is 3. The van der Waals surface area contributed by atoms with Gasteiger partial charge in [-0.25, -0.2) is 4.39 Å². The summed E-state index contributed by atoms with van der Waals surface area (Å²) in [5.41, 5.74) is 0.372. The van der Waals surface area contributed by atoms with Crippen LogP contribution < -0.4 is 4.74 Å². The summed E-state index contributed by atoms with van der Waals surface area (Å²) in [6.45, 7) is -3.07. The molecule has 0 bridgehead atoms. The Morgan fingerprint density at radius 2 is 1.90 bits per heavy atom. The lowest BCUT2D eigenvalue weighted by Gasteiger charge is -2.10. The van der Waals surface area contributed by atoms with Crippen molar-refractivity contribution in [3.8, 4) is 22.9 Å². The monoisotopic (exact) mass is 297 g/mol. The van der Waals surface area contributed by atoms with Gasteiger partial charge in [0.25, 0.3) is 0 Å². The molecule has 2 nitrogen and oxygen atoms in total. The number of halogens is 4. The van der Waals surface area contributed by atoms with Crippen LogP contribution in [0.2, 0.25) is 5.02 Å². The van der Waals surface area contributed by atoms with Crippen molar-refractivity contribution in [3.63, 3.8) is 0 Å². The molecule has 2 aromatic carbocycles. The molecule has 0 radical (unpaired) electrons. The first-order valence-corrected chi connectivity index (χ1v) is 5.83. The summed E-state index contributed by atoms with van der Waals surface area (Å²) in [6.07, 6.45) is 0. The minimum Gasteiger partial charge on any atom is -0.433 e. The van der Waals surface area contributed by atoms with E-state index in [1.807, 2.05) is 0 Å². The second kappa shape index (κ2) is 5.85. The van der Waals surface area contributed by atoms with Crippen molar-refractivity contribution in [2.75, 3.05) is 0 Å². The standard InChI is InChI=1S/C14H7ClF3NO/c15-10-3-4-12(16)11(6-10)8-1-2-9(7-19)13(5-8)20-14(17)18/h1-6,14H. The average Bonchev–Trinajstić information content (AvgIpc) is 2.41. The Hall–Kier alpha value is -2.19. The molecule has 2 rings (SSSR count). The van der Waals surface area contributed by atoms with Crippen LogP contribution in [-0.2, 0) is 0 Å². The van der Waals surface area contributed by atoms with E-state index in [0.717, 1.165) is 0 Å². The van der Waals surface area contributed by atoms with Gasteiger partial charge in [0, 0.05) is 10.6 Å². The number of nitriles is 1. The molecular weight excluding hydrogens is 291 g/mol. The minimum atomic E-state index is -3.07. The highest BCUT2D eigenvalue weighted by Gasteiger charge is 2.13. The summed E-state index contributed by atoms with van der Waals surface area (Å²) in [5, 5.41) is 9.13. The summed E-state index contributed by atoms with van der Waals surface area (Å²) < 4.78 is 42.6. The Bertz CT molecular complexity index is 683. The van der Waals surface area contributed by atoms with E-state index in [1.165, 1.54) is 36.4 Å². The van der Waals surface area contributed by atoms with Gasteiger partial charge in [0.05, 0.1) is 5.56 Å². The molecule has 0 heterocycles. The number of hydrogen-bond acceptors (Lipinski definition) is 2. The van der Waals surface area contributed by atoms with Gasteiger partial charge in [0.1, 0.15) is 17.6 Å². The number of nitrogens with zero attached hydrogens (tertiary/aromatic N) is 1. The van der Waals surface area contributed by atoms with Crippen LogP contribution in [0, 0.1) is 17.1 Å². The Morgan fingerprint density at radius 3 is 2.55 bits per heavy atom. The van der Waals surface area contributed by atoms with Gasteiger partial charge in [-0.1, -0.05) is 17.7 Å². The van der Waals surface area contributed by atoms with E-state index >= 15 is 0 Å². The lowest BCUT2D eigenvalue weighted by Crippen LogP contribution is -2.03. The van der Waals surface area contributed by atoms with E-state index in [-0.39, 0.29) is 16.9 Å². The van der Waals surface area contributed by atoms with Gasteiger partial charge in [-0.3, -0.25) is 0 Å². The van der Waals surface area contributed by atoms with Crippen molar-refractivity contribution >= 4 is 11.6 Å². The summed E-state index contributed by atoms with van der Waals surface area (Å²) in [5.74, 6) is -0.860. The quantitative estimate of drug-likeness (QED) is 0.828. The maximum atomic E-state index is 13.7. The van der Waals surface area contributed by atoms with Crippen molar-refractivity contribution in [2.45, 2.75) is 6.61 Å². The summed E-state index contributed by atoms with van der Waals surface area (Å²) in [7, 11) is 0. The summed E-state index contributed by atoms with van der Waals surface area (Å²) in [6, 6.07) is 9.54. The largest absolute Gasteiger partial charge is 0.433 e. The van der Waals surface area contributed by atoms with Crippen LogP contribution >= 0.6 is 11.6 Å². The Balaban J connectivity index is 2.53. The molecule has 0 saturated carbocycles. The molecule has 0 aliphatic carbocycles. The van der Waals surface area contributed by atoms with E-state index in [0.29, 0.717) is 10.6 Å². The van der Waals surface area contributed by atoms with E-state index < -0.39 is 12.4 Å². The average molecular weight is 298 g/mol. The van der Waals surface area contributed by atoms with Crippen LogP contribution in [0.15, 0.2) is 36.4 Å². The van der Waals surface area contributed by atoms with Gasteiger partial charge < -0.3 is 4.74 Å². The predicted molar refractivity (Wildman–Crippen MR) is 68.2 cm³/mol. The third-order valence-corrected chi connectivity index (χ3v) is 2.79. The molecule has 0 saturated heterocycles. The molecule has 0 amide bonds. The van der Waals surface area contributed by atoms with Gasteiger partial charge in [-0.15, -0.1) is 0 Å². The Kier molecular flexibility index (Phi) is 4.16. The third-order valence-electron chi connectivity index (χ3n) is 2.56. The molecule has 0 aromatic heterocycles. The molecule has 102 valence electrons. The molecule has 0 atom stereocenters. The first-order valence-electron chi connectivity index (χ1n) is 5.45. The van der Waals surface area contributed by atoms with Crippen LogP contribution in [0.1, 0.15) is 5.56 Å². The molecule has 0 aliphatic heterocycles. The number of benzene rings is 2. The van der Waals surface area contributed by atoms with E-state index in [2.05, 4.69) is 4.74 Å². The predicted octanol–water partition coefficient (Wildman–Crippen LogP) is 4.62. The molecule has 20 heavy (non-hydrogen) atoms. The smallest absolute Gasteiger partial charge is 0.387 e. The zero-order valence-corrected chi connectivity index (χ0v) is 10.7. The first-order chi connectivity index (χ1) is 9.51. The maximum Gasteiger partial charge on any atom is 0.387 e. The molecule has 0 aliphatic rings. The summed E-state index contributed by atoms with van der Waals surface area (Å²) in [4.78, 5) is 0. The molecule has 2 aromatic rings. The lowest BCUT2D eigenvalue weighted by molar-refractivity contribution is -0.0500. The minimum absolute atomic E-state index is 0.0588. The van der Waals surface area contributed by atoms with E-state index in [1.54, 1.807) is 6.07 Å². The highest BCUT2D eigenvalue weighted by Crippen LogP contribution is 2.31. The van der Waals surface area contributed by atoms with E-state index in [9.17, 15) is 13.2 Å².